The van der Waals surface area contributed by atoms with Gasteiger partial charge in [-0.25, -0.2) is 0 Å². The Bertz CT molecular complexity index is 574. The van der Waals surface area contributed by atoms with Crippen LogP contribution in [0.5, 0.6) is 0 Å². The highest BCUT2D eigenvalue weighted by Crippen LogP contribution is 2.34. The molecule has 0 fully saturated rings. The Morgan fingerprint density at radius 3 is 2.26 bits per heavy atom. The Morgan fingerprint density at radius 2 is 1.84 bits per heavy atom. The molecule has 1 aromatic heterocycles. The Morgan fingerprint density at radius 1 is 1.21 bits per heavy atom. The molecule has 1 atom stereocenters. The van der Waals surface area contributed by atoms with Gasteiger partial charge in [0.15, 0.2) is 0 Å². The molecule has 1 aromatic carbocycles. The summed E-state index contributed by atoms with van der Waals surface area (Å²) in [5.74, 6) is 0.104. The van der Waals surface area contributed by atoms with Crippen molar-refractivity contribution in [3.63, 3.8) is 0 Å². The lowest BCUT2D eigenvalue weighted by atomic mass is 10.0. The number of halogens is 1. The Hall–Kier alpha value is -1.10. The lowest BCUT2D eigenvalue weighted by Gasteiger charge is -2.23. The Labute approximate surface area is 126 Å². The van der Waals surface area contributed by atoms with Crippen LogP contribution in [0.1, 0.15) is 22.0 Å². The molecule has 0 aliphatic heterocycles. The summed E-state index contributed by atoms with van der Waals surface area (Å²) in [4.78, 5) is 3.47. The molecular weight excluding hydrogens is 322 g/mol. The molecule has 0 saturated heterocycles. The summed E-state index contributed by atoms with van der Waals surface area (Å²) in [6, 6.07) is 12.3. The van der Waals surface area contributed by atoms with Crippen molar-refractivity contribution < 1.29 is 5.11 Å². The van der Waals surface area contributed by atoms with E-state index in [1.807, 2.05) is 24.3 Å². The van der Waals surface area contributed by atoms with Crippen LogP contribution in [0, 0.1) is 0 Å². The zero-order chi connectivity index (χ0) is 14.0. The number of benzene rings is 1. The molecule has 0 radical (unpaired) electrons. The van der Waals surface area contributed by atoms with E-state index in [1.165, 1.54) is 10.4 Å². The van der Waals surface area contributed by atoms with E-state index >= 15 is 0 Å². The van der Waals surface area contributed by atoms with Crippen LogP contribution in [0.15, 0.2) is 46.8 Å². The van der Waals surface area contributed by atoms with E-state index in [4.69, 9.17) is 0 Å². The number of nitrogens with zero attached hydrogens (tertiary/aromatic N) is 1. The molecule has 4 heteroatoms. The minimum absolute atomic E-state index is 0.104. The Kier molecular flexibility index (Phi) is 4.45. The zero-order valence-electron chi connectivity index (χ0n) is 10.9. The van der Waals surface area contributed by atoms with E-state index in [0.29, 0.717) is 0 Å². The highest BCUT2D eigenvalue weighted by Gasteiger charge is 2.18. The second kappa shape index (κ2) is 5.90. The topological polar surface area (TPSA) is 23.5 Å². The molecule has 0 saturated carbocycles. The summed E-state index contributed by atoms with van der Waals surface area (Å²) in [6.45, 7) is 3.54. The average molecular weight is 338 g/mol. The smallest absolute Gasteiger partial charge is 0.115 e. The molecule has 2 aromatic rings. The first kappa shape index (κ1) is 14.3. The first-order valence-electron chi connectivity index (χ1n) is 5.89. The summed E-state index contributed by atoms with van der Waals surface area (Å²) >= 11 is 5.25. The normalized spacial score (nSPS) is 12.6. The molecule has 1 heterocycles. The molecule has 19 heavy (non-hydrogen) atoms. The van der Waals surface area contributed by atoms with Crippen molar-refractivity contribution >= 4 is 33.0 Å². The van der Waals surface area contributed by atoms with Gasteiger partial charge in [0.05, 0.1) is 9.83 Å². The van der Waals surface area contributed by atoms with Gasteiger partial charge in [0.25, 0.3) is 0 Å². The van der Waals surface area contributed by atoms with Gasteiger partial charge in [0.1, 0.15) is 5.76 Å². The van der Waals surface area contributed by atoms with Crippen molar-refractivity contribution in [2.45, 2.75) is 6.04 Å². The number of aliphatic hydroxyl groups is 1. The van der Waals surface area contributed by atoms with Gasteiger partial charge in [-0.15, -0.1) is 11.3 Å². The number of rotatable bonds is 4. The summed E-state index contributed by atoms with van der Waals surface area (Å²) in [5.41, 5.74) is 1.96. The van der Waals surface area contributed by atoms with E-state index in [2.05, 4.69) is 53.6 Å². The van der Waals surface area contributed by atoms with Crippen molar-refractivity contribution in [3.8, 4) is 0 Å². The minimum atomic E-state index is 0.104. The van der Waals surface area contributed by atoms with Crippen LogP contribution in [0.3, 0.4) is 0 Å². The molecule has 0 spiro atoms. The number of aliphatic hydroxyl groups excluding tert-OH is 1. The average Bonchev–Trinajstić information content (AvgIpc) is 2.76. The second-order valence-corrected chi connectivity index (χ2v) is 7.07. The van der Waals surface area contributed by atoms with E-state index in [1.54, 1.807) is 11.3 Å². The van der Waals surface area contributed by atoms with Crippen molar-refractivity contribution in [1.82, 2.24) is 4.90 Å². The van der Waals surface area contributed by atoms with E-state index in [0.717, 1.165) is 9.35 Å². The third kappa shape index (κ3) is 3.26. The predicted octanol–water partition coefficient (Wildman–Crippen LogP) is 4.69. The summed E-state index contributed by atoms with van der Waals surface area (Å²) in [5, 5.41) is 9.37. The van der Waals surface area contributed by atoms with Crippen LogP contribution >= 0.6 is 27.3 Å². The SMILES string of the molecule is C=C(O)c1ccc(C(c2ccc(Br)s2)N(C)C)cc1. The van der Waals surface area contributed by atoms with Crippen LogP contribution in [0.4, 0.5) is 0 Å². The third-order valence-corrected chi connectivity index (χ3v) is 4.62. The fourth-order valence-corrected chi connectivity index (χ4v) is 3.70. The fraction of sp³-hybridized carbons (Fsp3) is 0.200. The van der Waals surface area contributed by atoms with E-state index in [9.17, 15) is 5.11 Å². The van der Waals surface area contributed by atoms with Gasteiger partial charge < -0.3 is 5.11 Å². The van der Waals surface area contributed by atoms with Crippen molar-refractivity contribution in [1.29, 1.82) is 0 Å². The molecule has 1 unspecified atom stereocenters. The van der Waals surface area contributed by atoms with Gasteiger partial charge in [0, 0.05) is 10.4 Å². The van der Waals surface area contributed by atoms with Gasteiger partial charge in [-0.2, -0.15) is 0 Å². The van der Waals surface area contributed by atoms with Crippen molar-refractivity contribution in [2.75, 3.05) is 14.1 Å². The molecular formula is C15H16BrNOS. The third-order valence-electron chi connectivity index (χ3n) is 2.94. The molecule has 100 valence electrons. The van der Waals surface area contributed by atoms with Crippen molar-refractivity contribution in [2.24, 2.45) is 0 Å². The monoisotopic (exact) mass is 337 g/mol. The second-order valence-electron chi connectivity index (χ2n) is 4.58. The largest absolute Gasteiger partial charge is 0.508 e. The minimum Gasteiger partial charge on any atom is -0.508 e. The zero-order valence-corrected chi connectivity index (χ0v) is 13.3. The maximum atomic E-state index is 9.37. The van der Waals surface area contributed by atoms with Crippen LogP contribution < -0.4 is 0 Å². The quantitative estimate of drug-likeness (QED) is 0.818. The first-order valence-corrected chi connectivity index (χ1v) is 7.50. The van der Waals surface area contributed by atoms with Gasteiger partial charge in [-0.1, -0.05) is 30.8 Å². The van der Waals surface area contributed by atoms with E-state index < -0.39 is 0 Å². The number of hydrogen-bond donors (Lipinski definition) is 1. The maximum Gasteiger partial charge on any atom is 0.115 e. The van der Waals surface area contributed by atoms with Crippen LogP contribution in [0.2, 0.25) is 0 Å². The van der Waals surface area contributed by atoms with Crippen LogP contribution in [0.25, 0.3) is 5.76 Å². The van der Waals surface area contributed by atoms with Gasteiger partial charge >= 0.3 is 0 Å². The van der Waals surface area contributed by atoms with Crippen LogP contribution in [-0.2, 0) is 0 Å². The van der Waals surface area contributed by atoms with Gasteiger partial charge in [-0.05, 0) is 47.7 Å². The first-order chi connectivity index (χ1) is 8.99. The van der Waals surface area contributed by atoms with Crippen molar-refractivity contribution in [3.05, 3.63) is 62.8 Å². The molecule has 2 nitrogen and oxygen atoms in total. The predicted molar refractivity (Wildman–Crippen MR) is 85.7 cm³/mol. The summed E-state index contributed by atoms with van der Waals surface area (Å²) < 4.78 is 1.13. The number of thiophene rings is 1. The maximum absolute atomic E-state index is 9.37. The Balaban J connectivity index is 2.37. The molecule has 0 bridgehead atoms. The lowest BCUT2D eigenvalue weighted by molar-refractivity contribution is 0.346. The molecule has 0 amide bonds. The molecule has 2 rings (SSSR count). The standard InChI is InChI=1S/C15H16BrNOS/c1-10(18)11-4-6-12(7-5-11)15(17(2)3)13-8-9-14(16)19-13/h4-9,15,18H,1H2,2-3H3. The fourth-order valence-electron chi connectivity index (χ4n) is 2.05. The molecule has 0 aliphatic carbocycles. The highest BCUT2D eigenvalue weighted by atomic mass is 79.9. The molecule has 1 N–H and O–H groups in total. The molecule has 0 aliphatic rings. The van der Waals surface area contributed by atoms with Gasteiger partial charge in [0.2, 0.25) is 0 Å². The van der Waals surface area contributed by atoms with Gasteiger partial charge in [-0.3, -0.25) is 4.90 Å². The van der Waals surface area contributed by atoms with Crippen LogP contribution in [-0.4, -0.2) is 24.1 Å². The van der Waals surface area contributed by atoms with E-state index in [-0.39, 0.29) is 11.8 Å². The summed E-state index contributed by atoms with van der Waals surface area (Å²) in [7, 11) is 4.13. The highest BCUT2D eigenvalue weighted by molar-refractivity contribution is 9.11. The summed E-state index contributed by atoms with van der Waals surface area (Å²) in [6.07, 6.45) is 0. The number of hydrogen-bond acceptors (Lipinski definition) is 3. The lowest BCUT2D eigenvalue weighted by Crippen LogP contribution is -2.20.